The fourth-order valence-electron chi connectivity index (χ4n) is 1.28. The number of hydrogen-bond acceptors (Lipinski definition) is 4. The lowest BCUT2D eigenvalue weighted by Gasteiger charge is -2.15. The summed E-state index contributed by atoms with van der Waals surface area (Å²) in [5.41, 5.74) is 0. The van der Waals surface area contributed by atoms with Crippen molar-refractivity contribution in [3.63, 3.8) is 0 Å². The van der Waals surface area contributed by atoms with E-state index in [0.29, 0.717) is 0 Å². The smallest absolute Gasteiger partial charge is 0.306 e. The number of ether oxygens (including phenoxy) is 1. The second kappa shape index (κ2) is 5.33. The van der Waals surface area contributed by atoms with Crippen molar-refractivity contribution in [3.05, 3.63) is 18.5 Å². The van der Waals surface area contributed by atoms with E-state index in [4.69, 9.17) is 0 Å². The first kappa shape index (κ1) is 13.7. The van der Waals surface area contributed by atoms with E-state index < -0.39 is 16.0 Å². The fraction of sp³-hybridized carbons (Fsp3) is 0.500. The van der Waals surface area contributed by atoms with Crippen molar-refractivity contribution in [3.8, 4) is 0 Å². The highest BCUT2D eigenvalue weighted by atomic mass is 32.2. The third-order valence-corrected chi connectivity index (χ3v) is 4.21. The molecule has 0 atom stereocenters. The van der Waals surface area contributed by atoms with Crippen molar-refractivity contribution < 1.29 is 17.9 Å². The topological polar surface area (TPSA) is 68.6 Å². The van der Waals surface area contributed by atoms with Crippen LogP contribution < -0.4 is 0 Å². The maximum absolute atomic E-state index is 12.0. The van der Waals surface area contributed by atoms with Gasteiger partial charge >= 0.3 is 5.97 Å². The molecule has 1 aromatic heterocycles. The summed E-state index contributed by atoms with van der Waals surface area (Å²) in [5, 5.41) is 0. The molecule has 0 aliphatic heterocycles. The highest BCUT2D eigenvalue weighted by Crippen LogP contribution is 2.14. The lowest BCUT2D eigenvalue weighted by molar-refractivity contribution is -0.140. The third-order valence-electron chi connectivity index (χ3n) is 2.37. The number of hydrogen-bond donors (Lipinski definition) is 0. The lowest BCUT2D eigenvalue weighted by atomic mass is 10.4. The van der Waals surface area contributed by atoms with Crippen LogP contribution in [0.25, 0.3) is 0 Å². The van der Waals surface area contributed by atoms with E-state index in [1.165, 1.54) is 26.4 Å². The molecule has 7 heteroatoms. The van der Waals surface area contributed by atoms with Crippen molar-refractivity contribution in [2.24, 2.45) is 7.05 Å². The molecular formula is C10H16N2O4S. The first-order valence-electron chi connectivity index (χ1n) is 5.03. The Kier molecular flexibility index (Phi) is 4.30. The molecule has 0 aromatic carbocycles. The van der Waals surface area contributed by atoms with E-state index in [2.05, 4.69) is 4.74 Å². The molecule has 0 saturated carbocycles. The zero-order valence-corrected chi connectivity index (χ0v) is 10.9. The molecule has 0 saturated heterocycles. The largest absolute Gasteiger partial charge is 0.469 e. The summed E-state index contributed by atoms with van der Waals surface area (Å²) in [6, 6.07) is 1.52. The molecule has 0 bridgehead atoms. The minimum absolute atomic E-state index is 0.0407. The second-order valence-electron chi connectivity index (χ2n) is 3.67. The third kappa shape index (κ3) is 3.31. The summed E-state index contributed by atoms with van der Waals surface area (Å²) >= 11 is 0. The van der Waals surface area contributed by atoms with Crippen molar-refractivity contribution in [2.45, 2.75) is 11.3 Å². The normalized spacial score (nSPS) is 11.8. The van der Waals surface area contributed by atoms with Gasteiger partial charge in [0.25, 0.3) is 0 Å². The minimum atomic E-state index is -3.52. The molecule has 0 fully saturated rings. The van der Waals surface area contributed by atoms with Gasteiger partial charge in [-0.1, -0.05) is 0 Å². The average Bonchev–Trinajstić information content (AvgIpc) is 2.72. The van der Waals surface area contributed by atoms with Crippen LogP contribution in [0.15, 0.2) is 23.4 Å². The summed E-state index contributed by atoms with van der Waals surface area (Å²) < 4.78 is 31.3. The quantitative estimate of drug-likeness (QED) is 0.710. The first-order valence-corrected chi connectivity index (χ1v) is 6.47. The van der Waals surface area contributed by atoms with Crippen molar-refractivity contribution >= 4 is 16.0 Å². The molecule has 0 unspecified atom stereocenters. The number of methoxy groups -OCH3 is 1. The monoisotopic (exact) mass is 260 g/mol. The Morgan fingerprint density at radius 1 is 1.53 bits per heavy atom. The number of nitrogens with zero attached hydrogens (tertiary/aromatic N) is 2. The average molecular weight is 260 g/mol. The van der Waals surface area contributed by atoms with Crippen LogP contribution in [-0.4, -0.2) is 44.0 Å². The van der Waals surface area contributed by atoms with Gasteiger partial charge in [-0.15, -0.1) is 0 Å². The Balaban J connectivity index is 2.74. The maximum atomic E-state index is 12.0. The molecule has 1 rings (SSSR count). The van der Waals surface area contributed by atoms with Gasteiger partial charge in [0.05, 0.1) is 18.4 Å². The summed E-state index contributed by atoms with van der Waals surface area (Å²) in [4.78, 5) is 11.2. The molecule has 1 aromatic rings. The van der Waals surface area contributed by atoms with Crippen LogP contribution >= 0.6 is 0 Å². The Morgan fingerprint density at radius 2 is 2.18 bits per heavy atom. The standard InChI is InChI=1S/C10H16N2O4S/c1-11-6-4-9(8-11)17(14,15)12(2)7-5-10(13)16-3/h4,6,8H,5,7H2,1-3H3. The summed E-state index contributed by atoms with van der Waals surface area (Å²) in [5.74, 6) is -0.430. The first-order chi connectivity index (χ1) is 7.87. The molecule has 0 radical (unpaired) electrons. The predicted molar refractivity (Wildman–Crippen MR) is 61.9 cm³/mol. The van der Waals surface area contributed by atoms with Crippen LogP contribution in [0.5, 0.6) is 0 Å². The Bertz CT molecular complexity index is 492. The van der Waals surface area contributed by atoms with Gasteiger partial charge in [-0.2, -0.15) is 0 Å². The highest BCUT2D eigenvalue weighted by Gasteiger charge is 2.22. The van der Waals surface area contributed by atoms with Crippen LogP contribution in [0.1, 0.15) is 6.42 Å². The van der Waals surface area contributed by atoms with Crippen LogP contribution in [-0.2, 0) is 26.6 Å². The van der Waals surface area contributed by atoms with Crippen LogP contribution in [0.3, 0.4) is 0 Å². The number of aromatic nitrogens is 1. The van der Waals surface area contributed by atoms with Crippen molar-refractivity contribution in [2.75, 3.05) is 20.7 Å². The molecule has 0 N–H and O–H groups in total. The summed E-state index contributed by atoms with van der Waals surface area (Å²) in [7, 11) is 0.934. The number of esters is 1. The lowest BCUT2D eigenvalue weighted by Crippen LogP contribution is -2.29. The molecule has 17 heavy (non-hydrogen) atoms. The van der Waals surface area contributed by atoms with Crippen molar-refractivity contribution in [1.29, 1.82) is 0 Å². The van der Waals surface area contributed by atoms with Crippen molar-refractivity contribution in [1.82, 2.24) is 8.87 Å². The van der Waals surface area contributed by atoms with E-state index in [0.717, 1.165) is 4.31 Å². The molecular weight excluding hydrogens is 244 g/mol. The van der Waals surface area contributed by atoms with Gasteiger partial charge < -0.3 is 9.30 Å². The SMILES string of the molecule is COC(=O)CCN(C)S(=O)(=O)c1ccn(C)c1. The van der Waals surface area contributed by atoms with Gasteiger partial charge in [0.1, 0.15) is 0 Å². The van der Waals surface area contributed by atoms with E-state index >= 15 is 0 Å². The number of rotatable bonds is 5. The molecule has 0 amide bonds. The molecule has 0 aliphatic rings. The van der Waals surface area contributed by atoms with Gasteiger partial charge in [-0.3, -0.25) is 4.79 Å². The van der Waals surface area contributed by atoms with E-state index in [9.17, 15) is 13.2 Å². The fourth-order valence-corrected chi connectivity index (χ4v) is 2.51. The van der Waals surface area contributed by atoms with Gasteiger partial charge in [0.15, 0.2) is 0 Å². The van der Waals surface area contributed by atoms with Crippen LogP contribution in [0.2, 0.25) is 0 Å². The van der Waals surface area contributed by atoms with Crippen LogP contribution in [0.4, 0.5) is 0 Å². The number of sulfonamides is 1. The zero-order valence-electron chi connectivity index (χ0n) is 10.1. The van der Waals surface area contributed by atoms with E-state index in [-0.39, 0.29) is 17.9 Å². The van der Waals surface area contributed by atoms with E-state index in [1.807, 2.05) is 0 Å². The summed E-state index contributed by atoms with van der Waals surface area (Å²) in [6.07, 6.45) is 3.21. The molecule has 6 nitrogen and oxygen atoms in total. The molecule has 96 valence electrons. The highest BCUT2D eigenvalue weighted by molar-refractivity contribution is 7.89. The Labute approximate surface area is 101 Å². The molecule has 0 aliphatic carbocycles. The Hall–Kier alpha value is -1.34. The maximum Gasteiger partial charge on any atom is 0.306 e. The van der Waals surface area contributed by atoms with Gasteiger partial charge in [-0.25, -0.2) is 12.7 Å². The Morgan fingerprint density at radius 3 is 2.65 bits per heavy atom. The predicted octanol–water partition coefficient (Wildman–Crippen LogP) is 0.209. The van der Waals surface area contributed by atoms with Gasteiger partial charge in [0.2, 0.25) is 10.0 Å². The zero-order chi connectivity index (χ0) is 13.1. The van der Waals surface area contributed by atoms with Crippen LogP contribution in [0, 0.1) is 0 Å². The molecule has 0 spiro atoms. The van der Waals surface area contributed by atoms with Gasteiger partial charge in [-0.05, 0) is 6.07 Å². The molecule has 1 heterocycles. The number of carbonyl (C=O) groups excluding carboxylic acids is 1. The van der Waals surface area contributed by atoms with Gasteiger partial charge in [0, 0.05) is 33.0 Å². The number of aryl methyl sites for hydroxylation is 1. The van der Waals surface area contributed by atoms with E-state index in [1.54, 1.807) is 17.8 Å². The summed E-state index contributed by atoms with van der Waals surface area (Å²) in [6.45, 7) is 0.101. The number of carbonyl (C=O) groups is 1. The minimum Gasteiger partial charge on any atom is -0.469 e. The second-order valence-corrected chi connectivity index (χ2v) is 5.71.